The van der Waals surface area contributed by atoms with Crippen molar-refractivity contribution in [2.45, 2.75) is 31.8 Å². The van der Waals surface area contributed by atoms with Crippen molar-refractivity contribution in [1.29, 1.82) is 0 Å². The fraction of sp³-hybridized carbons (Fsp3) is 0.444. The number of rotatable bonds is 2. The number of nitrogens with zero attached hydrogens (tertiary/aromatic N) is 4. The summed E-state index contributed by atoms with van der Waals surface area (Å²) < 4.78 is 1.75. The van der Waals surface area contributed by atoms with Crippen LogP contribution in [-0.4, -0.2) is 39.7 Å². The van der Waals surface area contributed by atoms with Crippen LogP contribution < -0.4 is 4.90 Å². The Morgan fingerprint density at radius 1 is 1.17 bits per heavy atom. The summed E-state index contributed by atoms with van der Waals surface area (Å²) in [5.74, 6) is 0.220. The predicted octanol–water partition coefficient (Wildman–Crippen LogP) is 1.97. The van der Waals surface area contributed by atoms with Gasteiger partial charge in [0.05, 0.1) is 17.9 Å². The van der Waals surface area contributed by atoms with E-state index in [2.05, 4.69) is 34.3 Å². The Kier molecular flexibility index (Phi) is 3.65. The fourth-order valence-corrected chi connectivity index (χ4v) is 3.80. The molecule has 1 aromatic carbocycles. The molecule has 2 aliphatic rings. The molecule has 0 spiro atoms. The van der Waals surface area contributed by atoms with Crippen molar-refractivity contribution in [2.75, 3.05) is 18.0 Å². The molecule has 0 bridgehead atoms. The van der Waals surface area contributed by atoms with Crippen LogP contribution in [0.1, 0.15) is 24.0 Å². The number of fused-ring (bicyclic) bond motifs is 1. The van der Waals surface area contributed by atoms with Gasteiger partial charge in [-0.2, -0.15) is 5.10 Å². The summed E-state index contributed by atoms with van der Waals surface area (Å²) in [5, 5.41) is 4.19. The lowest BCUT2D eigenvalue weighted by Crippen LogP contribution is -2.41. The monoisotopic (exact) mass is 310 g/mol. The molecule has 3 heterocycles. The average Bonchev–Trinajstić information content (AvgIpc) is 3.06. The highest BCUT2D eigenvalue weighted by Gasteiger charge is 2.37. The third kappa shape index (κ3) is 2.65. The van der Waals surface area contributed by atoms with E-state index in [9.17, 15) is 4.79 Å². The minimum atomic E-state index is 0.00126. The predicted molar refractivity (Wildman–Crippen MR) is 89.1 cm³/mol. The minimum absolute atomic E-state index is 0.00126. The Bertz CT molecular complexity index is 723. The summed E-state index contributed by atoms with van der Waals surface area (Å²) in [6.45, 7) is 2.66. The first-order chi connectivity index (χ1) is 11.2. The van der Waals surface area contributed by atoms with Crippen LogP contribution in [0.25, 0.3) is 0 Å². The molecule has 1 unspecified atom stereocenters. The Balaban J connectivity index is 1.54. The number of carbonyl (C=O) groups is 1. The van der Waals surface area contributed by atoms with Gasteiger partial charge in [0.25, 0.3) is 0 Å². The largest absolute Gasteiger partial charge is 0.308 e. The maximum absolute atomic E-state index is 12.9. The molecule has 1 fully saturated rings. The third-order valence-corrected chi connectivity index (χ3v) is 5.00. The number of carbonyl (C=O) groups excluding carboxylic acids is 1. The highest BCUT2D eigenvalue weighted by atomic mass is 16.2. The number of aromatic nitrogens is 2. The Morgan fingerprint density at radius 2 is 2.00 bits per heavy atom. The van der Waals surface area contributed by atoms with Gasteiger partial charge in [-0.05, 0) is 36.9 Å². The second-order valence-electron chi connectivity index (χ2n) is 6.51. The summed E-state index contributed by atoms with van der Waals surface area (Å²) in [4.78, 5) is 17.1. The second-order valence-corrected chi connectivity index (χ2v) is 6.51. The van der Waals surface area contributed by atoms with Crippen LogP contribution in [-0.2, 0) is 24.8 Å². The maximum atomic E-state index is 12.9. The van der Waals surface area contributed by atoms with E-state index in [-0.39, 0.29) is 11.9 Å². The van der Waals surface area contributed by atoms with Gasteiger partial charge in [0.15, 0.2) is 0 Å². The molecule has 5 nitrogen and oxygen atoms in total. The smallest absolute Gasteiger partial charge is 0.244 e. The van der Waals surface area contributed by atoms with E-state index in [0.717, 1.165) is 44.6 Å². The lowest BCUT2D eigenvalue weighted by atomic mass is 10.0. The average molecular weight is 310 g/mol. The summed E-state index contributed by atoms with van der Waals surface area (Å²) in [5.41, 5.74) is 3.72. The molecule has 4 rings (SSSR count). The number of anilines is 1. The number of hydrogen-bond acceptors (Lipinski definition) is 3. The lowest BCUT2D eigenvalue weighted by Gasteiger charge is -2.26. The topological polar surface area (TPSA) is 41.4 Å². The zero-order valence-corrected chi connectivity index (χ0v) is 13.5. The molecule has 0 N–H and O–H groups in total. The van der Waals surface area contributed by atoms with Crippen LogP contribution in [0.5, 0.6) is 0 Å². The first-order valence-electron chi connectivity index (χ1n) is 8.33. The highest BCUT2D eigenvalue weighted by Crippen LogP contribution is 2.27. The first-order valence-corrected chi connectivity index (χ1v) is 8.33. The molecule has 1 saturated heterocycles. The fourth-order valence-electron chi connectivity index (χ4n) is 3.80. The van der Waals surface area contributed by atoms with Gasteiger partial charge in [-0.3, -0.25) is 14.4 Å². The van der Waals surface area contributed by atoms with E-state index in [1.165, 1.54) is 11.1 Å². The summed E-state index contributed by atoms with van der Waals surface area (Å²) in [7, 11) is 1.88. The van der Waals surface area contributed by atoms with Crippen molar-refractivity contribution in [3.63, 3.8) is 0 Å². The molecule has 2 aliphatic heterocycles. The van der Waals surface area contributed by atoms with E-state index in [4.69, 9.17) is 0 Å². The van der Waals surface area contributed by atoms with E-state index >= 15 is 0 Å². The first kappa shape index (κ1) is 14.5. The van der Waals surface area contributed by atoms with Crippen LogP contribution >= 0.6 is 0 Å². The number of aryl methyl sites for hydroxylation is 2. The van der Waals surface area contributed by atoms with Crippen LogP contribution in [0.2, 0.25) is 0 Å². The zero-order chi connectivity index (χ0) is 15.8. The zero-order valence-electron chi connectivity index (χ0n) is 13.5. The SMILES string of the molecule is Cn1cc(N2CCC(N3CCCc4ccccc4C3)C2=O)cn1. The van der Waals surface area contributed by atoms with Crippen LogP contribution in [0.3, 0.4) is 0 Å². The molecule has 1 amide bonds. The molecule has 0 radical (unpaired) electrons. The van der Waals surface area contributed by atoms with Gasteiger partial charge in [-0.15, -0.1) is 0 Å². The molecule has 0 aliphatic carbocycles. The maximum Gasteiger partial charge on any atom is 0.244 e. The van der Waals surface area contributed by atoms with E-state index < -0.39 is 0 Å². The van der Waals surface area contributed by atoms with Gasteiger partial charge in [-0.1, -0.05) is 24.3 Å². The second kappa shape index (κ2) is 5.81. The molecular formula is C18H22N4O. The van der Waals surface area contributed by atoms with Gasteiger partial charge in [0.1, 0.15) is 0 Å². The van der Waals surface area contributed by atoms with Crippen LogP contribution in [0, 0.1) is 0 Å². The minimum Gasteiger partial charge on any atom is -0.308 e. The summed E-state index contributed by atoms with van der Waals surface area (Å²) in [6, 6.07) is 8.63. The third-order valence-electron chi connectivity index (χ3n) is 5.00. The molecule has 120 valence electrons. The summed E-state index contributed by atoms with van der Waals surface area (Å²) in [6.07, 6.45) is 6.82. The molecular weight excluding hydrogens is 288 g/mol. The highest BCUT2D eigenvalue weighted by molar-refractivity contribution is 5.99. The standard InChI is InChI=1S/C18H22N4O/c1-20-13-16(11-19-20)22-10-8-17(18(22)23)21-9-4-7-14-5-2-3-6-15(14)12-21/h2-3,5-6,11,13,17H,4,7-10,12H2,1H3. The number of amides is 1. The molecule has 1 atom stereocenters. The quantitative estimate of drug-likeness (QED) is 0.851. The van der Waals surface area contributed by atoms with Crippen LogP contribution in [0.15, 0.2) is 36.7 Å². The Labute approximate surface area is 136 Å². The number of hydrogen-bond donors (Lipinski definition) is 0. The molecule has 2 aromatic rings. The van der Waals surface area contributed by atoms with Gasteiger partial charge < -0.3 is 4.90 Å². The Hall–Kier alpha value is -2.14. The molecule has 1 aromatic heterocycles. The normalized spacial score (nSPS) is 22.2. The van der Waals surface area contributed by atoms with Crippen molar-refractivity contribution >= 4 is 11.6 Å². The van der Waals surface area contributed by atoms with Crippen molar-refractivity contribution in [3.05, 3.63) is 47.8 Å². The van der Waals surface area contributed by atoms with Gasteiger partial charge in [0, 0.05) is 26.3 Å². The van der Waals surface area contributed by atoms with E-state index in [1.807, 2.05) is 18.1 Å². The van der Waals surface area contributed by atoms with Gasteiger partial charge in [-0.25, -0.2) is 0 Å². The molecule has 5 heteroatoms. The molecule has 23 heavy (non-hydrogen) atoms. The molecule has 0 saturated carbocycles. The van der Waals surface area contributed by atoms with E-state index in [1.54, 1.807) is 10.9 Å². The summed E-state index contributed by atoms with van der Waals surface area (Å²) >= 11 is 0. The van der Waals surface area contributed by atoms with Crippen molar-refractivity contribution < 1.29 is 4.79 Å². The van der Waals surface area contributed by atoms with Crippen LogP contribution in [0.4, 0.5) is 5.69 Å². The van der Waals surface area contributed by atoms with E-state index in [0.29, 0.717) is 0 Å². The lowest BCUT2D eigenvalue weighted by molar-refractivity contribution is -0.121. The van der Waals surface area contributed by atoms with Crippen molar-refractivity contribution in [1.82, 2.24) is 14.7 Å². The van der Waals surface area contributed by atoms with Gasteiger partial charge in [0.2, 0.25) is 5.91 Å². The van der Waals surface area contributed by atoms with Crippen molar-refractivity contribution in [2.24, 2.45) is 7.05 Å². The Morgan fingerprint density at radius 3 is 2.78 bits per heavy atom. The van der Waals surface area contributed by atoms with Gasteiger partial charge >= 0.3 is 0 Å². The number of benzene rings is 1. The van der Waals surface area contributed by atoms with Crippen molar-refractivity contribution in [3.8, 4) is 0 Å².